The van der Waals surface area contributed by atoms with Gasteiger partial charge in [0.25, 0.3) is 5.91 Å². The fourth-order valence-corrected chi connectivity index (χ4v) is 1.70. The van der Waals surface area contributed by atoms with Gasteiger partial charge in [0, 0.05) is 6.54 Å². The third kappa shape index (κ3) is 3.68. The highest BCUT2D eigenvalue weighted by Crippen LogP contribution is 2.12. The van der Waals surface area contributed by atoms with E-state index in [0.717, 1.165) is 11.3 Å². The minimum Gasteiger partial charge on any atom is -0.497 e. The van der Waals surface area contributed by atoms with Crippen LogP contribution in [-0.2, 0) is 6.42 Å². The van der Waals surface area contributed by atoms with Gasteiger partial charge in [-0.15, -0.1) is 10.2 Å². The van der Waals surface area contributed by atoms with Crippen LogP contribution in [0, 0.1) is 0 Å². The first-order valence-electron chi connectivity index (χ1n) is 6.19. The fourth-order valence-electron chi connectivity index (χ4n) is 1.70. The SMILES string of the molecule is COc1cccc(CCNC(=O)c2ccc(N)nn2)c1. The van der Waals surface area contributed by atoms with Crippen molar-refractivity contribution < 1.29 is 9.53 Å². The van der Waals surface area contributed by atoms with Crippen LogP contribution >= 0.6 is 0 Å². The van der Waals surface area contributed by atoms with Gasteiger partial charge in [-0.05, 0) is 36.2 Å². The number of nitrogens with two attached hydrogens (primary N) is 1. The molecule has 6 heteroatoms. The van der Waals surface area contributed by atoms with E-state index >= 15 is 0 Å². The number of aromatic nitrogens is 2. The monoisotopic (exact) mass is 272 g/mol. The summed E-state index contributed by atoms with van der Waals surface area (Å²) in [5.41, 5.74) is 6.76. The fraction of sp³-hybridized carbons (Fsp3) is 0.214. The Hall–Kier alpha value is -2.63. The first-order chi connectivity index (χ1) is 9.69. The number of nitrogens with one attached hydrogen (secondary N) is 1. The quantitative estimate of drug-likeness (QED) is 0.848. The van der Waals surface area contributed by atoms with Crippen LogP contribution in [0.15, 0.2) is 36.4 Å². The second-order valence-corrected chi connectivity index (χ2v) is 4.20. The highest BCUT2D eigenvalue weighted by atomic mass is 16.5. The Labute approximate surface area is 117 Å². The number of methoxy groups -OCH3 is 1. The topological polar surface area (TPSA) is 90.1 Å². The van der Waals surface area contributed by atoms with Crippen molar-refractivity contribution in [2.45, 2.75) is 6.42 Å². The second kappa shape index (κ2) is 6.51. The van der Waals surface area contributed by atoms with Crippen molar-refractivity contribution in [2.24, 2.45) is 0 Å². The Morgan fingerprint density at radius 3 is 2.85 bits per heavy atom. The van der Waals surface area contributed by atoms with Crippen molar-refractivity contribution in [1.82, 2.24) is 15.5 Å². The summed E-state index contributed by atoms with van der Waals surface area (Å²) in [7, 11) is 1.63. The second-order valence-electron chi connectivity index (χ2n) is 4.20. The van der Waals surface area contributed by atoms with Gasteiger partial charge in [-0.1, -0.05) is 12.1 Å². The summed E-state index contributed by atoms with van der Waals surface area (Å²) in [4.78, 5) is 11.8. The van der Waals surface area contributed by atoms with Gasteiger partial charge in [-0.25, -0.2) is 0 Å². The van der Waals surface area contributed by atoms with Crippen LogP contribution in [0.25, 0.3) is 0 Å². The van der Waals surface area contributed by atoms with E-state index in [9.17, 15) is 4.79 Å². The van der Waals surface area contributed by atoms with Crippen molar-refractivity contribution in [1.29, 1.82) is 0 Å². The zero-order valence-corrected chi connectivity index (χ0v) is 11.2. The van der Waals surface area contributed by atoms with E-state index in [2.05, 4.69) is 15.5 Å². The number of carbonyl (C=O) groups is 1. The molecule has 1 heterocycles. The largest absolute Gasteiger partial charge is 0.497 e. The molecule has 1 aromatic heterocycles. The van der Waals surface area contributed by atoms with Crippen molar-refractivity contribution >= 4 is 11.7 Å². The number of hydrogen-bond acceptors (Lipinski definition) is 5. The standard InChI is InChI=1S/C14H16N4O2/c1-20-11-4-2-3-10(9-11)7-8-16-14(19)12-5-6-13(15)18-17-12/h2-6,9H,7-8H2,1H3,(H2,15,18)(H,16,19). The molecule has 0 fully saturated rings. The van der Waals surface area contributed by atoms with E-state index in [4.69, 9.17) is 10.5 Å². The van der Waals surface area contributed by atoms with E-state index in [0.29, 0.717) is 13.0 Å². The number of carbonyl (C=O) groups excluding carboxylic acids is 1. The van der Waals surface area contributed by atoms with Gasteiger partial charge >= 0.3 is 0 Å². The Kier molecular flexibility index (Phi) is 4.49. The normalized spacial score (nSPS) is 10.1. The number of hydrogen-bond donors (Lipinski definition) is 2. The van der Waals surface area contributed by atoms with E-state index < -0.39 is 0 Å². The van der Waals surface area contributed by atoms with E-state index in [1.807, 2.05) is 24.3 Å². The van der Waals surface area contributed by atoms with Gasteiger partial charge in [0.2, 0.25) is 0 Å². The Morgan fingerprint density at radius 1 is 1.30 bits per heavy atom. The predicted octanol–water partition coefficient (Wildman–Crippen LogP) is 1.04. The van der Waals surface area contributed by atoms with E-state index in [1.165, 1.54) is 0 Å². The summed E-state index contributed by atoms with van der Waals surface area (Å²) < 4.78 is 5.15. The summed E-state index contributed by atoms with van der Waals surface area (Å²) in [6.07, 6.45) is 0.714. The summed E-state index contributed by atoms with van der Waals surface area (Å²) in [6, 6.07) is 10.8. The summed E-state index contributed by atoms with van der Waals surface area (Å²) in [5.74, 6) is 0.830. The molecule has 20 heavy (non-hydrogen) atoms. The van der Waals surface area contributed by atoms with Crippen LogP contribution in [0.4, 0.5) is 5.82 Å². The first-order valence-corrected chi connectivity index (χ1v) is 6.19. The Bertz CT molecular complexity index is 584. The van der Waals surface area contributed by atoms with Crippen molar-refractivity contribution in [3.63, 3.8) is 0 Å². The maximum atomic E-state index is 11.8. The first kappa shape index (κ1) is 13.8. The lowest BCUT2D eigenvalue weighted by Gasteiger charge is -2.06. The number of anilines is 1. The summed E-state index contributed by atoms with van der Waals surface area (Å²) in [6.45, 7) is 0.512. The lowest BCUT2D eigenvalue weighted by molar-refractivity contribution is 0.0948. The molecule has 0 bridgehead atoms. The molecular weight excluding hydrogens is 256 g/mol. The van der Waals surface area contributed by atoms with Crippen LogP contribution in [0.2, 0.25) is 0 Å². The number of nitrogens with zero attached hydrogens (tertiary/aromatic N) is 2. The van der Waals surface area contributed by atoms with Gasteiger partial charge in [0.1, 0.15) is 11.6 Å². The number of rotatable bonds is 5. The maximum absolute atomic E-state index is 11.8. The van der Waals surface area contributed by atoms with Gasteiger partial charge in [0.05, 0.1) is 7.11 Å². The minimum absolute atomic E-state index is 0.254. The number of benzene rings is 1. The zero-order valence-electron chi connectivity index (χ0n) is 11.2. The lowest BCUT2D eigenvalue weighted by Crippen LogP contribution is -2.26. The van der Waals surface area contributed by atoms with E-state index in [-0.39, 0.29) is 17.4 Å². The van der Waals surface area contributed by atoms with Crippen LogP contribution in [0.3, 0.4) is 0 Å². The van der Waals surface area contributed by atoms with Gasteiger partial charge < -0.3 is 15.8 Å². The third-order valence-corrected chi connectivity index (χ3v) is 2.75. The molecule has 2 rings (SSSR count). The molecule has 0 aliphatic rings. The molecule has 0 aliphatic carbocycles. The van der Waals surface area contributed by atoms with Gasteiger partial charge in [0.15, 0.2) is 5.69 Å². The highest BCUT2D eigenvalue weighted by molar-refractivity contribution is 5.92. The molecule has 0 saturated heterocycles. The molecule has 0 saturated carbocycles. The maximum Gasteiger partial charge on any atom is 0.271 e. The smallest absolute Gasteiger partial charge is 0.271 e. The highest BCUT2D eigenvalue weighted by Gasteiger charge is 2.07. The average Bonchev–Trinajstić information content (AvgIpc) is 2.48. The zero-order chi connectivity index (χ0) is 14.4. The molecule has 0 unspecified atom stereocenters. The van der Waals surface area contributed by atoms with Crippen molar-refractivity contribution in [3.05, 3.63) is 47.7 Å². The molecular formula is C14H16N4O2. The predicted molar refractivity (Wildman–Crippen MR) is 75.5 cm³/mol. The van der Waals surface area contributed by atoms with Crippen LogP contribution < -0.4 is 15.8 Å². The molecule has 0 aliphatic heterocycles. The molecule has 0 radical (unpaired) electrons. The summed E-state index contributed by atoms with van der Waals surface area (Å²) in [5, 5.41) is 10.1. The average molecular weight is 272 g/mol. The molecule has 0 spiro atoms. The molecule has 0 atom stereocenters. The molecule has 1 aromatic carbocycles. The van der Waals surface area contributed by atoms with Crippen molar-refractivity contribution in [2.75, 3.05) is 19.4 Å². The molecule has 6 nitrogen and oxygen atoms in total. The Morgan fingerprint density at radius 2 is 2.15 bits per heavy atom. The van der Waals surface area contributed by atoms with Crippen LogP contribution in [0.5, 0.6) is 5.75 Å². The number of amides is 1. The summed E-state index contributed by atoms with van der Waals surface area (Å²) >= 11 is 0. The van der Waals surface area contributed by atoms with Crippen LogP contribution in [0.1, 0.15) is 16.1 Å². The minimum atomic E-state index is -0.264. The van der Waals surface area contributed by atoms with Gasteiger partial charge in [-0.2, -0.15) is 0 Å². The number of ether oxygens (including phenoxy) is 1. The molecule has 1 amide bonds. The van der Waals surface area contributed by atoms with Crippen molar-refractivity contribution in [3.8, 4) is 5.75 Å². The van der Waals surface area contributed by atoms with E-state index in [1.54, 1.807) is 19.2 Å². The third-order valence-electron chi connectivity index (χ3n) is 2.75. The molecule has 2 aromatic rings. The van der Waals surface area contributed by atoms with Gasteiger partial charge in [-0.3, -0.25) is 4.79 Å². The lowest BCUT2D eigenvalue weighted by atomic mass is 10.1. The molecule has 3 N–H and O–H groups in total. The molecule has 104 valence electrons. The number of nitrogen functional groups attached to an aromatic ring is 1. The Balaban J connectivity index is 1.86. The van der Waals surface area contributed by atoms with Crippen LogP contribution in [-0.4, -0.2) is 29.8 Å².